The summed E-state index contributed by atoms with van der Waals surface area (Å²) in [6.45, 7) is 23.7. The van der Waals surface area contributed by atoms with E-state index in [4.69, 9.17) is 52.1 Å². The zero-order valence-corrected chi connectivity index (χ0v) is 54.3. The first-order chi connectivity index (χ1) is 41.4. The number of ether oxygens (including phenoxy) is 4. The quantitative estimate of drug-likeness (QED) is 0.0463. The molecule has 6 heterocycles. The Kier molecular flexibility index (Phi) is 19.4. The fourth-order valence-corrected chi connectivity index (χ4v) is 15.2. The second kappa shape index (κ2) is 26.9. The van der Waals surface area contributed by atoms with Crippen molar-refractivity contribution in [3.05, 3.63) is 101 Å². The van der Waals surface area contributed by atoms with Crippen LogP contribution in [0.1, 0.15) is 46.0 Å². The largest absolute Gasteiger partial charge is 0.495 e. The maximum absolute atomic E-state index is 13.1. The van der Waals surface area contributed by atoms with Crippen LogP contribution in [0.4, 0.5) is 45.9 Å². The summed E-state index contributed by atoms with van der Waals surface area (Å²) in [5.41, 5.74) is 6.18. The zero-order valence-electron chi connectivity index (χ0n) is 51.0. The second-order valence-corrected chi connectivity index (χ2v) is 31.7. The predicted molar refractivity (Wildman–Crippen MR) is 353 cm³/mol. The van der Waals surface area contributed by atoms with Gasteiger partial charge in [0.1, 0.15) is 47.4 Å². The van der Waals surface area contributed by atoms with Crippen molar-refractivity contribution in [3.63, 3.8) is 0 Å². The molecule has 5 aromatic rings. The van der Waals surface area contributed by atoms with Gasteiger partial charge in [-0.25, -0.2) is 9.98 Å². The van der Waals surface area contributed by atoms with Crippen LogP contribution in [0, 0.1) is 11.8 Å². The van der Waals surface area contributed by atoms with Gasteiger partial charge in [0.25, 0.3) is 0 Å². The molecule has 3 unspecified atom stereocenters. The lowest BCUT2D eigenvalue weighted by Gasteiger charge is -2.43. The number of piperidine rings is 2. The average molecular weight is 1250 g/mol. The molecule has 6 aliphatic rings. The Labute approximate surface area is 517 Å². The zero-order chi connectivity index (χ0) is 60.3. The van der Waals surface area contributed by atoms with Crippen LogP contribution < -0.4 is 61.2 Å². The van der Waals surface area contributed by atoms with Crippen molar-refractivity contribution < 1.29 is 28.1 Å². The number of morpholine rings is 1. The van der Waals surface area contributed by atoms with Crippen LogP contribution in [-0.4, -0.2) is 181 Å². The molecule has 19 nitrogen and oxygen atoms in total. The lowest BCUT2D eigenvalue weighted by atomic mass is 10.0. The molecule has 1 saturated carbocycles. The molecule has 1 aromatic heterocycles. The van der Waals surface area contributed by atoms with Gasteiger partial charge in [-0.2, -0.15) is 4.98 Å². The van der Waals surface area contributed by atoms with Crippen molar-refractivity contribution in [2.75, 3.05) is 157 Å². The van der Waals surface area contributed by atoms with Crippen LogP contribution in [0.3, 0.4) is 0 Å². The lowest BCUT2D eigenvalue weighted by molar-refractivity contribution is 0.0115. The summed E-state index contributed by atoms with van der Waals surface area (Å²) < 4.78 is 50.1. The summed E-state index contributed by atoms with van der Waals surface area (Å²) in [6.07, 6.45) is 6.38. The van der Waals surface area contributed by atoms with Crippen LogP contribution in [0.5, 0.6) is 17.2 Å². The Hall–Kier alpha value is -5.75. The fourth-order valence-electron chi connectivity index (χ4n) is 12.7. The summed E-state index contributed by atoms with van der Waals surface area (Å²) in [5, 5.41) is 19.9. The highest BCUT2D eigenvalue weighted by Crippen LogP contribution is 2.48. The third-order valence-corrected chi connectivity index (χ3v) is 21.2. The lowest BCUT2D eigenvalue weighted by Crippen LogP contribution is -2.53. The summed E-state index contributed by atoms with van der Waals surface area (Å²) in [4.78, 5) is 27.2. The van der Waals surface area contributed by atoms with Gasteiger partial charge < -0.3 is 69.4 Å². The summed E-state index contributed by atoms with van der Waals surface area (Å²) in [6, 6.07) is 26.9. The fraction of sp³-hybridized carbons (Fsp3) is 0.508. The van der Waals surface area contributed by atoms with Crippen molar-refractivity contribution >= 4 is 99.8 Å². The van der Waals surface area contributed by atoms with Gasteiger partial charge in [-0.05, 0) is 133 Å². The van der Waals surface area contributed by atoms with E-state index in [1.54, 1.807) is 47.1 Å². The summed E-state index contributed by atoms with van der Waals surface area (Å²) in [5.74, 6) is 3.98. The number of nitrogens with one attached hydrogen (secondary N) is 5. The Morgan fingerprint density at radius 2 is 1.29 bits per heavy atom. The summed E-state index contributed by atoms with van der Waals surface area (Å²) in [7, 11) is -1.77. The maximum Gasteiger partial charge on any atom is 0.229 e. The van der Waals surface area contributed by atoms with Gasteiger partial charge in [0.15, 0.2) is 12.1 Å². The summed E-state index contributed by atoms with van der Waals surface area (Å²) >= 11 is 14.0. The molecule has 3 atom stereocenters. The van der Waals surface area contributed by atoms with Crippen molar-refractivity contribution in [1.29, 1.82) is 0 Å². The Morgan fingerprint density at radius 3 is 1.93 bits per heavy atom. The monoisotopic (exact) mass is 1250 g/mol. The van der Waals surface area contributed by atoms with E-state index in [1.165, 1.54) is 0 Å². The molecule has 86 heavy (non-hydrogen) atoms. The minimum absolute atomic E-state index is 0.0578. The normalized spacial score (nSPS) is 21.4. The molecule has 0 amide bonds. The smallest absolute Gasteiger partial charge is 0.229 e. The number of anilines is 8. The molecule has 4 aromatic carbocycles. The van der Waals surface area contributed by atoms with Gasteiger partial charge in [-0.1, -0.05) is 35.3 Å². The number of amidine groups is 1. The van der Waals surface area contributed by atoms with Crippen molar-refractivity contribution in [1.82, 2.24) is 30.0 Å². The van der Waals surface area contributed by atoms with Gasteiger partial charge in [0, 0.05) is 130 Å². The predicted octanol–water partition coefficient (Wildman–Crippen LogP) is 10.4. The van der Waals surface area contributed by atoms with Crippen LogP contribution in [-0.2, 0) is 13.9 Å². The van der Waals surface area contributed by atoms with E-state index in [0.717, 1.165) is 162 Å². The number of rotatable bonds is 20. The number of aromatic nitrogens is 2. The number of halogens is 2. The highest BCUT2D eigenvalue weighted by Gasteiger charge is 2.45. The maximum atomic E-state index is 13.1. The molecule has 0 radical (unpaired) electrons. The number of hydrogen-bond acceptors (Lipinski definition) is 19. The van der Waals surface area contributed by atoms with E-state index >= 15 is 0 Å². The number of hydrogen-bond donors (Lipinski definition) is 5. The number of nitrogens with zero attached hydrogens (tertiary/aromatic N) is 8. The van der Waals surface area contributed by atoms with E-state index < -0.39 is 20.6 Å². The Balaban J connectivity index is 0.704. The van der Waals surface area contributed by atoms with Gasteiger partial charge in [0.2, 0.25) is 5.95 Å². The molecule has 0 spiro atoms. The van der Waals surface area contributed by atoms with Crippen LogP contribution >= 0.6 is 37.5 Å². The first kappa shape index (κ1) is 61.9. The number of benzene rings is 4. The van der Waals surface area contributed by atoms with E-state index in [2.05, 4.69) is 86.4 Å². The third kappa shape index (κ3) is 14.9. The van der Waals surface area contributed by atoms with Crippen LogP contribution in [0.25, 0.3) is 0 Å². The standard InChI is InChI=1S/C63H85Cl2N13O6P2/c1-41(2)84-56-37-46(14-17-52(56)69-62-66-39-49(64)60(72-62)68-53-11-9-10-12-57(53)86(7,8)80)76-23-19-43(20-24-76)77-29-27-74(28-30-77)40-42-35-48(42)59-58(65)61(67-50-18-15-47(85(5,6)79)38-55(50)82-4)73-63(71-59)70-51-16-13-45(36-54(51)81-3)75-25-21-44(22-26-75)78-31-33-83-34-32-78/h9-18,36-39,41-44,48,63,70-71H,19-35,40H2,1-8H3,(H,67,73)(H2,66,68,69,72). The van der Waals surface area contributed by atoms with Crippen LogP contribution in [0.2, 0.25) is 5.02 Å². The first-order valence-electron chi connectivity index (χ1n) is 30.4. The number of piperazine rings is 1. The number of aliphatic imine (C=N–C) groups is 1. The number of methoxy groups -OCH3 is 2. The number of para-hydroxylation sites is 1. The molecule has 4 saturated heterocycles. The molecular weight excluding hydrogens is 1170 g/mol. The molecule has 462 valence electrons. The van der Waals surface area contributed by atoms with Crippen LogP contribution in [0.15, 0.2) is 101 Å². The minimum atomic E-state index is -2.58. The topological polar surface area (TPSA) is 186 Å². The van der Waals surface area contributed by atoms with Crippen molar-refractivity contribution in [2.45, 2.75) is 70.4 Å². The van der Waals surface area contributed by atoms with Gasteiger partial charge in [0.05, 0.1) is 62.5 Å². The molecule has 23 heteroatoms. The van der Waals surface area contributed by atoms with E-state index in [-0.39, 0.29) is 12.0 Å². The van der Waals surface area contributed by atoms with Gasteiger partial charge in [-0.3, -0.25) is 9.80 Å². The molecule has 5 N–H and O–H groups in total. The number of allylic oxidation sites excluding steroid dienone is 1. The molecule has 5 aliphatic heterocycles. The third-order valence-electron chi connectivity index (χ3n) is 17.5. The molecular formula is C63H85Cl2N13O6P2. The molecule has 1 aliphatic carbocycles. The average Bonchev–Trinajstić information content (AvgIpc) is 2.49. The minimum Gasteiger partial charge on any atom is -0.495 e. The van der Waals surface area contributed by atoms with Crippen molar-refractivity contribution in [2.24, 2.45) is 16.8 Å². The highest BCUT2D eigenvalue weighted by atomic mass is 35.5. The Morgan fingerprint density at radius 1 is 0.686 bits per heavy atom. The van der Waals surface area contributed by atoms with E-state index in [9.17, 15) is 9.13 Å². The van der Waals surface area contributed by atoms with Gasteiger partial charge in [-0.15, -0.1) is 0 Å². The van der Waals surface area contributed by atoms with E-state index in [1.807, 2.05) is 62.4 Å². The molecule has 11 rings (SSSR count). The molecule has 5 fully saturated rings. The Bertz CT molecular complexity index is 3370. The van der Waals surface area contributed by atoms with Crippen molar-refractivity contribution in [3.8, 4) is 17.2 Å². The van der Waals surface area contributed by atoms with E-state index in [0.29, 0.717) is 68.5 Å². The molecule has 0 bridgehead atoms. The first-order valence-corrected chi connectivity index (χ1v) is 36.3. The SMILES string of the molecule is COc1cc(P(C)(C)=O)ccc1NC1=NC(Nc2ccc(N3CCC(N4CCOCC4)CC3)cc2OC)NC(C2CC2CN2CCN(C3CCN(c4ccc(Nc5ncc(Cl)c(Nc6ccccc6P(C)(C)=O)n5)c(OC(C)C)c4)CC3)CC2)=C1Cl. The van der Waals surface area contributed by atoms with Gasteiger partial charge >= 0.3 is 0 Å². The second-order valence-electron chi connectivity index (χ2n) is 24.5. The highest BCUT2D eigenvalue weighted by molar-refractivity contribution is 7.70.